The van der Waals surface area contributed by atoms with Crippen LogP contribution in [0.25, 0.3) is 10.9 Å². The molecule has 0 bridgehead atoms. The fraction of sp³-hybridized carbons (Fsp3) is 0.400. The predicted octanol–water partition coefficient (Wildman–Crippen LogP) is 1.10. The van der Waals surface area contributed by atoms with Gasteiger partial charge in [-0.05, 0) is 19.1 Å². The molecule has 0 radical (unpaired) electrons. The minimum Gasteiger partial charge on any atom is -0.383 e. The zero-order valence-electron chi connectivity index (χ0n) is 12.9. The number of para-hydroxylation sites is 1. The summed E-state index contributed by atoms with van der Waals surface area (Å²) in [7, 11) is 3.22. The Kier molecular flexibility index (Phi) is 5.11. The third kappa shape index (κ3) is 3.82. The summed E-state index contributed by atoms with van der Waals surface area (Å²) in [6, 6.07) is 6.75. The molecule has 1 unspecified atom stereocenters. The van der Waals surface area contributed by atoms with Crippen LogP contribution in [0.5, 0.6) is 0 Å². The Hall–Kier alpha value is -2.41. The first-order chi connectivity index (χ1) is 10.5. The molecule has 0 saturated carbocycles. The lowest BCUT2D eigenvalue weighted by molar-refractivity contribution is 0.162. The van der Waals surface area contributed by atoms with E-state index in [2.05, 4.69) is 15.3 Å². The van der Waals surface area contributed by atoms with E-state index in [0.717, 1.165) is 0 Å². The first-order valence-electron chi connectivity index (χ1n) is 6.99. The Morgan fingerprint density at radius 1 is 1.45 bits per heavy atom. The van der Waals surface area contributed by atoms with Gasteiger partial charge in [0.1, 0.15) is 5.82 Å². The van der Waals surface area contributed by atoms with E-state index in [1.165, 1.54) is 4.90 Å². The maximum Gasteiger partial charge on any atom is 0.317 e. The normalized spacial score (nSPS) is 12.1. The van der Waals surface area contributed by atoms with E-state index < -0.39 is 0 Å². The number of urea groups is 1. The Labute approximate surface area is 128 Å². The molecule has 1 atom stereocenters. The second-order valence-electron chi connectivity index (χ2n) is 5.19. The number of nitrogens with zero attached hydrogens (tertiary/aromatic N) is 2. The standard InChI is InChI=1S/C15H20N4O3/c1-10(9-22-3)16-15(21)19(2)8-13-17-12-7-5-4-6-11(12)14(20)18-13/h4-7,10H,8-9H2,1-3H3,(H,16,21)(H,17,18,20). The highest BCUT2D eigenvalue weighted by Crippen LogP contribution is 2.06. The van der Waals surface area contributed by atoms with Gasteiger partial charge in [-0.25, -0.2) is 9.78 Å². The molecule has 0 saturated heterocycles. The number of amides is 2. The van der Waals surface area contributed by atoms with Gasteiger partial charge in [0.2, 0.25) is 0 Å². The first-order valence-corrected chi connectivity index (χ1v) is 6.99. The summed E-state index contributed by atoms with van der Waals surface area (Å²) < 4.78 is 4.97. The number of hydrogen-bond acceptors (Lipinski definition) is 4. The monoisotopic (exact) mass is 304 g/mol. The van der Waals surface area contributed by atoms with Crippen LogP contribution in [-0.2, 0) is 11.3 Å². The molecule has 0 aliphatic rings. The van der Waals surface area contributed by atoms with Crippen molar-refractivity contribution in [2.24, 2.45) is 0 Å². The smallest absolute Gasteiger partial charge is 0.317 e. The van der Waals surface area contributed by atoms with Crippen molar-refractivity contribution in [1.82, 2.24) is 20.2 Å². The SMILES string of the molecule is COCC(C)NC(=O)N(C)Cc1nc2ccccc2c(=O)[nH]1. The van der Waals surface area contributed by atoms with E-state index in [0.29, 0.717) is 23.3 Å². The minimum absolute atomic E-state index is 0.0939. The fourth-order valence-electron chi connectivity index (χ4n) is 2.12. The third-order valence-corrected chi connectivity index (χ3v) is 3.18. The van der Waals surface area contributed by atoms with Crippen molar-refractivity contribution < 1.29 is 9.53 Å². The molecule has 7 nitrogen and oxygen atoms in total. The molecule has 1 heterocycles. The van der Waals surface area contributed by atoms with Crippen LogP contribution >= 0.6 is 0 Å². The van der Waals surface area contributed by atoms with Crippen molar-refractivity contribution in [2.45, 2.75) is 19.5 Å². The number of H-pyrrole nitrogens is 1. The molecule has 2 N–H and O–H groups in total. The summed E-state index contributed by atoms with van der Waals surface area (Å²) in [6.45, 7) is 2.50. The number of benzene rings is 1. The molecule has 0 fully saturated rings. The van der Waals surface area contributed by atoms with E-state index in [9.17, 15) is 9.59 Å². The number of carbonyl (C=O) groups is 1. The van der Waals surface area contributed by atoms with E-state index in [1.54, 1.807) is 32.4 Å². The molecule has 0 aliphatic heterocycles. The van der Waals surface area contributed by atoms with Gasteiger partial charge in [0.15, 0.2) is 0 Å². The predicted molar refractivity (Wildman–Crippen MR) is 83.7 cm³/mol. The highest BCUT2D eigenvalue weighted by Gasteiger charge is 2.13. The van der Waals surface area contributed by atoms with E-state index >= 15 is 0 Å². The molecule has 2 amide bonds. The lowest BCUT2D eigenvalue weighted by atomic mass is 10.2. The summed E-state index contributed by atoms with van der Waals surface area (Å²) in [5.41, 5.74) is 0.407. The van der Waals surface area contributed by atoms with Gasteiger partial charge in [-0.1, -0.05) is 12.1 Å². The van der Waals surface area contributed by atoms with Crippen LogP contribution in [0.1, 0.15) is 12.7 Å². The van der Waals surface area contributed by atoms with Gasteiger partial charge in [-0.2, -0.15) is 0 Å². The number of ether oxygens (including phenoxy) is 1. The van der Waals surface area contributed by atoms with Gasteiger partial charge in [0.05, 0.1) is 30.1 Å². The van der Waals surface area contributed by atoms with Crippen LogP contribution in [-0.4, -0.2) is 47.7 Å². The van der Waals surface area contributed by atoms with E-state index in [-0.39, 0.29) is 24.2 Å². The molecule has 2 rings (SSSR count). The summed E-state index contributed by atoms with van der Waals surface area (Å²) in [4.78, 5) is 32.5. The molecule has 7 heteroatoms. The summed E-state index contributed by atoms with van der Waals surface area (Å²) in [6.07, 6.45) is 0. The average molecular weight is 304 g/mol. The van der Waals surface area contributed by atoms with Crippen LogP contribution in [0.4, 0.5) is 4.79 Å². The number of carbonyl (C=O) groups excluding carboxylic acids is 1. The maximum atomic E-state index is 12.0. The van der Waals surface area contributed by atoms with Crippen molar-refractivity contribution in [3.05, 3.63) is 40.4 Å². The molecule has 1 aromatic heterocycles. The lowest BCUT2D eigenvalue weighted by Gasteiger charge is -2.20. The summed E-state index contributed by atoms with van der Waals surface area (Å²) in [5.74, 6) is 0.445. The number of fused-ring (bicyclic) bond motifs is 1. The number of nitrogens with one attached hydrogen (secondary N) is 2. The van der Waals surface area contributed by atoms with Crippen molar-refractivity contribution in [3.63, 3.8) is 0 Å². The molecule has 0 aliphatic carbocycles. The van der Waals surface area contributed by atoms with Gasteiger partial charge in [0.25, 0.3) is 5.56 Å². The van der Waals surface area contributed by atoms with Gasteiger partial charge in [-0.3, -0.25) is 4.79 Å². The zero-order chi connectivity index (χ0) is 16.1. The number of methoxy groups -OCH3 is 1. The molecule has 1 aromatic carbocycles. The highest BCUT2D eigenvalue weighted by atomic mass is 16.5. The number of aromatic nitrogens is 2. The molecular formula is C15H20N4O3. The molecular weight excluding hydrogens is 284 g/mol. The minimum atomic E-state index is -0.250. The van der Waals surface area contributed by atoms with Gasteiger partial charge in [-0.15, -0.1) is 0 Å². The van der Waals surface area contributed by atoms with Crippen molar-refractivity contribution in [1.29, 1.82) is 0 Å². The van der Waals surface area contributed by atoms with Crippen LogP contribution in [0.15, 0.2) is 29.1 Å². The molecule has 22 heavy (non-hydrogen) atoms. The Morgan fingerprint density at radius 3 is 2.91 bits per heavy atom. The quantitative estimate of drug-likeness (QED) is 0.866. The topological polar surface area (TPSA) is 87.3 Å². The van der Waals surface area contributed by atoms with E-state index in [4.69, 9.17) is 4.74 Å². The van der Waals surface area contributed by atoms with Crippen molar-refractivity contribution in [2.75, 3.05) is 20.8 Å². The Bertz CT molecular complexity index is 713. The summed E-state index contributed by atoms with van der Waals surface area (Å²) in [5, 5.41) is 3.33. The maximum absolute atomic E-state index is 12.0. The van der Waals surface area contributed by atoms with Gasteiger partial charge < -0.3 is 19.9 Å². The van der Waals surface area contributed by atoms with Crippen molar-refractivity contribution >= 4 is 16.9 Å². The molecule has 2 aromatic rings. The second kappa shape index (κ2) is 7.04. The Morgan fingerprint density at radius 2 is 2.18 bits per heavy atom. The fourth-order valence-corrected chi connectivity index (χ4v) is 2.12. The number of aromatic amines is 1. The van der Waals surface area contributed by atoms with Crippen LogP contribution in [0.3, 0.4) is 0 Å². The van der Waals surface area contributed by atoms with Gasteiger partial charge >= 0.3 is 6.03 Å². The summed E-state index contributed by atoms with van der Waals surface area (Å²) >= 11 is 0. The van der Waals surface area contributed by atoms with E-state index in [1.807, 2.05) is 13.0 Å². The molecule has 118 valence electrons. The van der Waals surface area contributed by atoms with Crippen LogP contribution < -0.4 is 10.9 Å². The Balaban J connectivity index is 2.10. The highest BCUT2D eigenvalue weighted by molar-refractivity contribution is 5.77. The van der Waals surface area contributed by atoms with Crippen molar-refractivity contribution in [3.8, 4) is 0 Å². The van der Waals surface area contributed by atoms with Gasteiger partial charge in [0, 0.05) is 14.2 Å². The zero-order valence-corrected chi connectivity index (χ0v) is 12.9. The van der Waals surface area contributed by atoms with Crippen LogP contribution in [0.2, 0.25) is 0 Å². The molecule has 0 spiro atoms. The first kappa shape index (κ1) is 16.0. The third-order valence-electron chi connectivity index (χ3n) is 3.18. The second-order valence-corrected chi connectivity index (χ2v) is 5.19. The number of rotatable bonds is 5. The average Bonchev–Trinajstić information content (AvgIpc) is 2.47. The largest absolute Gasteiger partial charge is 0.383 e. The van der Waals surface area contributed by atoms with Crippen LogP contribution in [0, 0.1) is 0 Å². The lowest BCUT2D eigenvalue weighted by Crippen LogP contribution is -2.43. The number of hydrogen-bond donors (Lipinski definition) is 2.